The fourth-order valence-corrected chi connectivity index (χ4v) is 2.27. The lowest BCUT2D eigenvalue weighted by Gasteiger charge is -2.10. The highest BCUT2D eigenvalue weighted by molar-refractivity contribution is 6.31. The molecule has 0 N–H and O–H groups in total. The molecular weight excluding hydrogens is 288 g/mol. The first-order valence-corrected chi connectivity index (χ1v) is 7.20. The summed E-state index contributed by atoms with van der Waals surface area (Å²) in [5.74, 6) is 1.11. The Kier molecular flexibility index (Phi) is 3.84. The largest absolute Gasteiger partial charge is 0.496 e. The number of methoxy groups -OCH3 is 1. The summed E-state index contributed by atoms with van der Waals surface area (Å²) >= 11 is 5.98. The van der Waals surface area contributed by atoms with Gasteiger partial charge in [-0.05, 0) is 43.2 Å². The predicted molar refractivity (Wildman–Crippen MR) is 81.5 cm³/mol. The van der Waals surface area contributed by atoms with E-state index in [1.165, 1.54) is 7.11 Å². The third-order valence-corrected chi connectivity index (χ3v) is 3.56. The van der Waals surface area contributed by atoms with E-state index >= 15 is 0 Å². The summed E-state index contributed by atoms with van der Waals surface area (Å²) < 4.78 is 11.0. The number of hydrogen-bond donors (Lipinski definition) is 0. The minimum atomic E-state index is -0.129. The van der Waals surface area contributed by atoms with Crippen LogP contribution in [-0.4, -0.2) is 19.0 Å². The molecule has 1 fully saturated rings. The molecule has 0 aromatic heterocycles. The highest BCUT2D eigenvalue weighted by Gasteiger charge is 2.24. The van der Waals surface area contributed by atoms with Gasteiger partial charge in [0, 0.05) is 10.6 Å². The summed E-state index contributed by atoms with van der Waals surface area (Å²) in [6, 6.07) is 12.2. The Balaban J connectivity index is 1.92. The molecule has 2 aromatic rings. The minimum Gasteiger partial charge on any atom is -0.496 e. The van der Waals surface area contributed by atoms with Gasteiger partial charge in [0.05, 0.1) is 18.8 Å². The van der Waals surface area contributed by atoms with Crippen molar-refractivity contribution in [1.82, 2.24) is 0 Å². The van der Waals surface area contributed by atoms with Gasteiger partial charge in [-0.25, -0.2) is 0 Å². The van der Waals surface area contributed by atoms with E-state index in [1.807, 2.05) is 12.1 Å². The Morgan fingerprint density at radius 3 is 2.71 bits per heavy atom. The third-order valence-electron chi connectivity index (χ3n) is 3.33. The lowest BCUT2D eigenvalue weighted by atomic mass is 10.0. The highest BCUT2D eigenvalue weighted by Crippen LogP contribution is 2.29. The second-order valence-electron chi connectivity index (χ2n) is 5.02. The Morgan fingerprint density at radius 1 is 1.19 bits per heavy atom. The molecule has 0 bridgehead atoms. The number of rotatable bonds is 5. The van der Waals surface area contributed by atoms with Gasteiger partial charge in [-0.2, -0.15) is 0 Å². The van der Waals surface area contributed by atoms with E-state index in [1.54, 1.807) is 30.3 Å². The van der Waals surface area contributed by atoms with Crippen LogP contribution in [-0.2, 0) is 0 Å². The summed E-state index contributed by atoms with van der Waals surface area (Å²) in [6.45, 7) is 0. The molecule has 0 heterocycles. The molecule has 0 unspecified atom stereocenters. The summed E-state index contributed by atoms with van der Waals surface area (Å²) in [7, 11) is 1.53. The van der Waals surface area contributed by atoms with E-state index < -0.39 is 0 Å². The molecule has 3 rings (SSSR count). The maximum Gasteiger partial charge on any atom is 0.196 e. The molecule has 108 valence electrons. The van der Waals surface area contributed by atoms with Crippen LogP contribution in [0, 0.1) is 0 Å². The van der Waals surface area contributed by atoms with Crippen molar-refractivity contribution in [3.8, 4) is 11.5 Å². The van der Waals surface area contributed by atoms with Crippen molar-refractivity contribution in [2.45, 2.75) is 18.9 Å². The fraction of sp³-hybridized carbons (Fsp3) is 0.235. The number of benzene rings is 2. The lowest BCUT2D eigenvalue weighted by molar-refractivity contribution is 0.103. The van der Waals surface area contributed by atoms with Gasteiger partial charge in [-0.1, -0.05) is 23.7 Å². The lowest BCUT2D eigenvalue weighted by Crippen LogP contribution is -2.05. The van der Waals surface area contributed by atoms with Crippen molar-refractivity contribution >= 4 is 17.4 Å². The quantitative estimate of drug-likeness (QED) is 0.779. The predicted octanol–water partition coefficient (Wildman–Crippen LogP) is 4.12. The smallest absolute Gasteiger partial charge is 0.196 e. The molecular formula is C17H15ClO3. The molecule has 0 spiro atoms. The topological polar surface area (TPSA) is 35.5 Å². The van der Waals surface area contributed by atoms with Gasteiger partial charge in [0.2, 0.25) is 0 Å². The van der Waals surface area contributed by atoms with Gasteiger partial charge >= 0.3 is 0 Å². The summed E-state index contributed by atoms with van der Waals surface area (Å²) in [4.78, 5) is 12.6. The van der Waals surface area contributed by atoms with E-state index in [9.17, 15) is 4.79 Å². The van der Waals surface area contributed by atoms with Crippen molar-refractivity contribution in [3.05, 3.63) is 58.6 Å². The van der Waals surface area contributed by atoms with Gasteiger partial charge < -0.3 is 9.47 Å². The number of hydrogen-bond acceptors (Lipinski definition) is 3. The van der Waals surface area contributed by atoms with Gasteiger partial charge in [0.15, 0.2) is 5.78 Å². The molecule has 3 nitrogen and oxygen atoms in total. The minimum absolute atomic E-state index is 0.129. The van der Waals surface area contributed by atoms with E-state index in [4.69, 9.17) is 21.1 Å². The highest BCUT2D eigenvalue weighted by atomic mass is 35.5. The Hall–Kier alpha value is -2.00. The van der Waals surface area contributed by atoms with Gasteiger partial charge in [-0.3, -0.25) is 4.79 Å². The standard InChI is InChI=1S/C17H15ClO3/c1-20-16-8-5-12(18)10-15(16)17(19)11-3-2-4-14(9-11)21-13-6-7-13/h2-5,8-10,13H,6-7H2,1H3. The van der Waals surface area contributed by atoms with Crippen LogP contribution >= 0.6 is 11.6 Å². The second-order valence-corrected chi connectivity index (χ2v) is 5.46. The number of ether oxygens (including phenoxy) is 2. The molecule has 1 aliphatic rings. The normalized spacial score (nSPS) is 13.8. The molecule has 4 heteroatoms. The maximum atomic E-state index is 12.6. The maximum absolute atomic E-state index is 12.6. The van der Waals surface area contributed by atoms with Gasteiger partial charge in [0.25, 0.3) is 0 Å². The summed E-state index contributed by atoms with van der Waals surface area (Å²) in [5, 5.41) is 0.504. The molecule has 21 heavy (non-hydrogen) atoms. The third kappa shape index (κ3) is 3.19. The van der Waals surface area contributed by atoms with Crippen molar-refractivity contribution in [1.29, 1.82) is 0 Å². The zero-order chi connectivity index (χ0) is 14.8. The zero-order valence-electron chi connectivity index (χ0n) is 11.6. The van der Waals surface area contributed by atoms with E-state index in [2.05, 4.69) is 0 Å². The molecule has 1 aliphatic carbocycles. The monoisotopic (exact) mass is 302 g/mol. The molecule has 0 amide bonds. The fourth-order valence-electron chi connectivity index (χ4n) is 2.10. The number of carbonyl (C=O) groups excluding carboxylic acids is 1. The van der Waals surface area contributed by atoms with Crippen molar-refractivity contribution < 1.29 is 14.3 Å². The van der Waals surface area contributed by atoms with Crippen LogP contribution in [0.5, 0.6) is 11.5 Å². The molecule has 0 atom stereocenters. The summed E-state index contributed by atoms with van der Waals surface area (Å²) in [6.07, 6.45) is 2.47. The van der Waals surface area contributed by atoms with Crippen LogP contribution in [0.4, 0.5) is 0 Å². The van der Waals surface area contributed by atoms with Gasteiger partial charge in [-0.15, -0.1) is 0 Å². The van der Waals surface area contributed by atoms with E-state index in [-0.39, 0.29) is 5.78 Å². The first kappa shape index (κ1) is 14.0. The molecule has 0 aliphatic heterocycles. The van der Waals surface area contributed by atoms with Crippen molar-refractivity contribution in [2.24, 2.45) is 0 Å². The van der Waals surface area contributed by atoms with Crippen LogP contribution in [0.15, 0.2) is 42.5 Å². The van der Waals surface area contributed by atoms with Crippen molar-refractivity contribution in [2.75, 3.05) is 7.11 Å². The zero-order valence-corrected chi connectivity index (χ0v) is 12.4. The SMILES string of the molecule is COc1ccc(Cl)cc1C(=O)c1cccc(OC2CC2)c1. The average Bonchev–Trinajstić information content (AvgIpc) is 3.30. The van der Waals surface area contributed by atoms with Crippen LogP contribution in [0.3, 0.4) is 0 Å². The molecule has 1 saturated carbocycles. The Labute approximate surface area is 128 Å². The van der Waals surface area contributed by atoms with Gasteiger partial charge in [0.1, 0.15) is 11.5 Å². The number of ketones is 1. The van der Waals surface area contributed by atoms with Crippen LogP contribution in [0.2, 0.25) is 5.02 Å². The average molecular weight is 303 g/mol. The number of carbonyl (C=O) groups is 1. The molecule has 0 saturated heterocycles. The van der Waals surface area contributed by atoms with E-state index in [0.29, 0.717) is 28.0 Å². The first-order valence-electron chi connectivity index (χ1n) is 6.82. The molecule has 0 radical (unpaired) electrons. The van der Waals surface area contributed by atoms with Crippen LogP contribution in [0.1, 0.15) is 28.8 Å². The van der Waals surface area contributed by atoms with Crippen LogP contribution < -0.4 is 9.47 Å². The first-order chi connectivity index (χ1) is 10.2. The molecule has 2 aromatic carbocycles. The second kappa shape index (κ2) is 5.78. The van der Waals surface area contributed by atoms with E-state index in [0.717, 1.165) is 18.6 Å². The van der Waals surface area contributed by atoms with Crippen molar-refractivity contribution in [3.63, 3.8) is 0 Å². The number of halogens is 1. The Bertz CT molecular complexity index is 677. The Morgan fingerprint density at radius 2 is 2.00 bits per heavy atom. The van der Waals surface area contributed by atoms with Crippen LogP contribution in [0.25, 0.3) is 0 Å². The summed E-state index contributed by atoms with van der Waals surface area (Å²) in [5.41, 5.74) is 1.02.